The number of rotatable bonds is 2. The molecule has 0 amide bonds. The highest BCUT2D eigenvalue weighted by Gasteiger charge is 2.50. The van der Waals surface area contributed by atoms with E-state index >= 15 is 0 Å². The fourth-order valence-electron chi connectivity index (χ4n) is 2.92. The molecular weight excluding hydrogens is 226 g/mol. The summed E-state index contributed by atoms with van der Waals surface area (Å²) in [7, 11) is 0. The lowest BCUT2D eigenvalue weighted by Gasteiger charge is -2.42. The maximum absolute atomic E-state index is 11.4. The van der Waals surface area contributed by atoms with Crippen LogP contribution in [-0.4, -0.2) is 35.9 Å². The Morgan fingerprint density at radius 2 is 1.75 bits per heavy atom. The summed E-state index contributed by atoms with van der Waals surface area (Å²) < 4.78 is 22.4. The van der Waals surface area contributed by atoms with Crippen molar-refractivity contribution in [2.45, 2.75) is 57.7 Å². The van der Waals surface area contributed by atoms with Gasteiger partial charge in [0.25, 0.3) is 0 Å². The summed E-state index contributed by atoms with van der Waals surface area (Å²) >= 11 is -2.01. The molecule has 2 aliphatic rings. The van der Waals surface area contributed by atoms with E-state index in [0.29, 0.717) is 11.8 Å². The molecule has 0 saturated heterocycles. The fraction of sp³-hybridized carbons (Fsp3) is 1.00. The molecule has 16 heavy (non-hydrogen) atoms. The number of nitrogens with zero attached hydrogens (tertiary/aromatic N) is 1. The maximum atomic E-state index is 11.4. The van der Waals surface area contributed by atoms with E-state index in [-0.39, 0.29) is 6.04 Å². The van der Waals surface area contributed by atoms with Crippen molar-refractivity contribution in [3.05, 3.63) is 0 Å². The van der Waals surface area contributed by atoms with Gasteiger partial charge in [-0.15, -0.1) is 0 Å². The Hall–Kier alpha value is 0.0300. The van der Waals surface area contributed by atoms with Gasteiger partial charge in [-0.05, 0) is 51.9 Å². The first-order valence-corrected chi connectivity index (χ1v) is 6.95. The Morgan fingerprint density at radius 1 is 1.19 bits per heavy atom. The molecule has 0 aromatic carbocycles. The van der Waals surface area contributed by atoms with Crippen LogP contribution in [0.2, 0.25) is 0 Å². The average molecular weight is 247 g/mol. The minimum Gasteiger partial charge on any atom is -0.391 e. The van der Waals surface area contributed by atoms with Crippen molar-refractivity contribution < 1.29 is 13.9 Å². The highest BCUT2D eigenvalue weighted by atomic mass is 32.2. The monoisotopic (exact) mass is 247 g/mol. The first kappa shape index (κ1) is 12.5. The van der Waals surface area contributed by atoms with Crippen LogP contribution in [0.25, 0.3) is 0 Å². The Balaban J connectivity index is 2.15. The second-order valence-electron chi connectivity index (χ2n) is 6.09. The van der Waals surface area contributed by atoms with Gasteiger partial charge in [0.1, 0.15) is 0 Å². The van der Waals surface area contributed by atoms with E-state index in [1.54, 1.807) is 4.31 Å². The number of aliphatic hydroxyl groups is 1. The smallest absolute Gasteiger partial charge is 0.235 e. The van der Waals surface area contributed by atoms with Crippen LogP contribution in [0, 0.1) is 11.8 Å². The molecule has 0 spiro atoms. The molecule has 0 aromatic heterocycles. The fourth-order valence-corrected chi connectivity index (χ4v) is 3.85. The minimum atomic E-state index is -2.01. The van der Waals surface area contributed by atoms with Crippen molar-refractivity contribution in [3.8, 4) is 0 Å². The molecule has 2 N–H and O–H groups in total. The molecule has 0 heterocycles. The predicted molar refractivity (Wildman–Crippen MR) is 63.0 cm³/mol. The van der Waals surface area contributed by atoms with Gasteiger partial charge >= 0.3 is 0 Å². The molecule has 94 valence electrons. The molecule has 5 atom stereocenters. The van der Waals surface area contributed by atoms with Crippen molar-refractivity contribution in [2.75, 3.05) is 0 Å². The van der Waals surface area contributed by atoms with Gasteiger partial charge in [0, 0.05) is 5.54 Å². The lowest BCUT2D eigenvalue weighted by molar-refractivity contribution is 0.0225. The van der Waals surface area contributed by atoms with E-state index in [1.807, 2.05) is 20.8 Å². The van der Waals surface area contributed by atoms with Gasteiger partial charge in [0.15, 0.2) is 0 Å². The van der Waals surface area contributed by atoms with Gasteiger partial charge < -0.3 is 5.11 Å². The molecule has 0 bridgehead atoms. The zero-order valence-electron chi connectivity index (χ0n) is 10.1. The lowest BCUT2D eigenvalue weighted by Crippen LogP contribution is -2.54. The van der Waals surface area contributed by atoms with Crippen molar-refractivity contribution in [1.29, 1.82) is 0 Å². The van der Waals surface area contributed by atoms with Crippen LogP contribution in [0.4, 0.5) is 0 Å². The lowest BCUT2D eigenvalue weighted by atomic mass is 9.90. The van der Waals surface area contributed by atoms with Crippen molar-refractivity contribution in [2.24, 2.45) is 11.8 Å². The summed E-state index contributed by atoms with van der Waals surface area (Å²) in [6, 6.07) is -0.172. The van der Waals surface area contributed by atoms with E-state index in [9.17, 15) is 13.9 Å². The zero-order chi connectivity index (χ0) is 12.1. The Bertz CT molecular complexity index is 302. The molecule has 0 radical (unpaired) electrons. The number of fused-ring (bicyclic) bond motifs is 1. The largest absolute Gasteiger partial charge is 0.391 e. The standard InChI is InChI=1S/C11H21NO3S/c1-11(2,3)12(16(14)15)9-5-7-4-8(7)6-10(9)13/h7-10,13H,4-6H2,1-3H3,(H,14,15). The van der Waals surface area contributed by atoms with Crippen LogP contribution in [-0.2, 0) is 11.3 Å². The predicted octanol–water partition coefficient (Wildman–Crippen LogP) is 1.38. The van der Waals surface area contributed by atoms with Crippen LogP contribution in [0.3, 0.4) is 0 Å². The van der Waals surface area contributed by atoms with Gasteiger partial charge in [0.05, 0.1) is 12.1 Å². The molecule has 5 heteroatoms. The molecule has 2 aliphatic carbocycles. The third-order valence-corrected chi connectivity index (χ3v) is 4.89. The summed E-state index contributed by atoms with van der Waals surface area (Å²) in [4.78, 5) is 0. The molecule has 0 aliphatic heterocycles. The van der Waals surface area contributed by atoms with E-state index in [2.05, 4.69) is 0 Å². The van der Waals surface area contributed by atoms with Gasteiger partial charge in [-0.25, -0.2) is 4.21 Å². The SMILES string of the molecule is CC(C)(C)N(C1CC2CC2CC1O)S(=O)O. The highest BCUT2D eigenvalue weighted by Crippen LogP contribution is 2.51. The number of hydrogen-bond donors (Lipinski definition) is 2. The molecule has 2 fully saturated rings. The van der Waals surface area contributed by atoms with Crippen molar-refractivity contribution in [1.82, 2.24) is 4.31 Å². The van der Waals surface area contributed by atoms with Crippen LogP contribution in [0.5, 0.6) is 0 Å². The summed E-state index contributed by atoms with van der Waals surface area (Å²) in [5.74, 6) is 1.34. The third kappa shape index (κ3) is 2.32. The summed E-state index contributed by atoms with van der Waals surface area (Å²) in [5.41, 5.74) is -0.396. The molecule has 4 nitrogen and oxygen atoms in total. The molecule has 0 aromatic rings. The molecule has 5 unspecified atom stereocenters. The first-order chi connectivity index (χ1) is 7.30. The normalized spacial score (nSPS) is 40.6. The van der Waals surface area contributed by atoms with Gasteiger partial charge in [-0.3, -0.25) is 4.55 Å². The maximum Gasteiger partial charge on any atom is 0.235 e. The van der Waals surface area contributed by atoms with E-state index in [4.69, 9.17) is 0 Å². The van der Waals surface area contributed by atoms with Crippen molar-refractivity contribution in [3.63, 3.8) is 0 Å². The van der Waals surface area contributed by atoms with E-state index in [1.165, 1.54) is 6.42 Å². The highest BCUT2D eigenvalue weighted by molar-refractivity contribution is 7.76. The van der Waals surface area contributed by atoms with Gasteiger partial charge in [-0.1, -0.05) is 0 Å². The van der Waals surface area contributed by atoms with Gasteiger partial charge in [-0.2, -0.15) is 4.31 Å². The van der Waals surface area contributed by atoms with Crippen LogP contribution in [0.15, 0.2) is 0 Å². The third-order valence-electron chi connectivity index (χ3n) is 3.73. The first-order valence-electron chi connectivity index (χ1n) is 5.89. The second kappa shape index (κ2) is 4.05. The molecule has 2 rings (SSSR count). The molecular formula is C11H21NO3S. The van der Waals surface area contributed by atoms with Crippen molar-refractivity contribution >= 4 is 11.3 Å². The van der Waals surface area contributed by atoms with E-state index < -0.39 is 22.9 Å². The molecule has 2 saturated carbocycles. The number of aliphatic hydroxyl groups excluding tert-OH is 1. The Labute approximate surface area is 99.4 Å². The summed E-state index contributed by atoms with van der Waals surface area (Å²) in [5, 5.41) is 10.1. The zero-order valence-corrected chi connectivity index (χ0v) is 10.9. The number of hydrogen-bond acceptors (Lipinski definition) is 2. The summed E-state index contributed by atoms with van der Waals surface area (Å²) in [6.07, 6.45) is 2.37. The quantitative estimate of drug-likeness (QED) is 0.725. The van der Waals surface area contributed by atoms with Crippen LogP contribution >= 0.6 is 0 Å². The van der Waals surface area contributed by atoms with Gasteiger partial charge in [0.2, 0.25) is 11.3 Å². The average Bonchev–Trinajstić information content (AvgIpc) is 2.79. The Kier molecular flexibility index (Phi) is 3.16. The Morgan fingerprint density at radius 3 is 2.25 bits per heavy atom. The van der Waals surface area contributed by atoms with Crippen LogP contribution < -0.4 is 0 Å². The van der Waals surface area contributed by atoms with Crippen LogP contribution in [0.1, 0.15) is 40.0 Å². The topological polar surface area (TPSA) is 60.8 Å². The van der Waals surface area contributed by atoms with E-state index in [0.717, 1.165) is 12.8 Å². The summed E-state index contributed by atoms with van der Waals surface area (Å²) in [6.45, 7) is 5.73. The minimum absolute atomic E-state index is 0.172. The second-order valence-corrected chi connectivity index (χ2v) is 6.94.